The number of aliphatic hydroxyl groups is 1. The first kappa shape index (κ1) is 14.0. The predicted molar refractivity (Wildman–Crippen MR) is 69.5 cm³/mol. The molecule has 3 unspecified atom stereocenters. The standard InChI is InChI=1S/C14H29NO/c1-3-6-12(2)11-15-10-5-8-13-7-4-9-14(13)16/h12-16H,3-11H2,1-2H3. The van der Waals surface area contributed by atoms with Crippen LogP contribution >= 0.6 is 0 Å². The van der Waals surface area contributed by atoms with Gasteiger partial charge in [0, 0.05) is 0 Å². The minimum atomic E-state index is -0.000912. The second kappa shape index (κ2) is 8.08. The Hall–Kier alpha value is -0.0800. The maximum absolute atomic E-state index is 9.68. The predicted octanol–water partition coefficient (Wildman–Crippen LogP) is 2.95. The number of aliphatic hydroxyl groups excluding tert-OH is 1. The van der Waals surface area contributed by atoms with Crippen molar-refractivity contribution in [3.63, 3.8) is 0 Å². The van der Waals surface area contributed by atoms with Gasteiger partial charge >= 0.3 is 0 Å². The van der Waals surface area contributed by atoms with E-state index in [1.54, 1.807) is 0 Å². The van der Waals surface area contributed by atoms with E-state index in [2.05, 4.69) is 19.2 Å². The highest BCUT2D eigenvalue weighted by molar-refractivity contribution is 4.76. The van der Waals surface area contributed by atoms with E-state index in [1.165, 1.54) is 38.5 Å². The van der Waals surface area contributed by atoms with Gasteiger partial charge in [0.2, 0.25) is 0 Å². The topological polar surface area (TPSA) is 32.3 Å². The molecular weight excluding hydrogens is 198 g/mol. The molecule has 0 spiro atoms. The molecule has 2 nitrogen and oxygen atoms in total. The van der Waals surface area contributed by atoms with Crippen molar-refractivity contribution in [1.29, 1.82) is 0 Å². The van der Waals surface area contributed by atoms with E-state index in [9.17, 15) is 5.11 Å². The summed E-state index contributed by atoms with van der Waals surface area (Å²) in [6.45, 7) is 6.84. The molecule has 2 heteroatoms. The van der Waals surface area contributed by atoms with Gasteiger partial charge in [-0.05, 0) is 57.0 Å². The summed E-state index contributed by atoms with van der Waals surface area (Å²) in [6.07, 6.45) is 8.55. The van der Waals surface area contributed by atoms with Gasteiger partial charge in [0.1, 0.15) is 0 Å². The normalized spacial score (nSPS) is 27.2. The summed E-state index contributed by atoms with van der Waals surface area (Å²) in [5.41, 5.74) is 0. The third-order valence-electron chi connectivity index (χ3n) is 3.82. The summed E-state index contributed by atoms with van der Waals surface area (Å²) in [5.74, 6) is 1.40. The molecule has 0 aromatic heterocycles. The molecule has 16 heavy (non-hydrogen) atoms. The van der Waals surface area contributed by atoms with Crippen LogP contribution in [0.1, 0.15) is 58.8 Å². The van der Waals surface area contributed by atoms with Gasteiger partial charge in [-0.15, -0.1) is 0 Å². The van der Waals surface area contributed by atoms with E-state index >= 15 is 0 Å². The lowest BCUT2D eigenvalue weighted by atomic mass is 9.99. The van der Waals surface area contributed by atoms with Crippen LogP contribution in [0.3, 0.4) is 0 Å². The third-order valence-corrected chi connectivity index (χ3v) is 3.82. The van der Waals surface area contributed by atoms with Crippen LogP contribution in [0.5, 0.6) is 0 Å². The zero-order valence-corrected chi connectivity index (χ0v) is 11.0. The Morgan fingerprint density at radius 3 is 2.81 bits per heavy atom. The summed E-state index contributed by atoms with van der Waals surface area (Å²) in [7, 11) is 0. The molecule has 1 aliphatic rings. The average molecular weight is 227 g/mol. The van der Waals surface area contributed by atoms with E-state index in [1.807, 2.05) is 0 Å². The maximum Gasteiger partial charge on any atom is 0.0568 e. The van der Waals surface area contributed by atoms with Gasteiger partial charge in [-0.1, -0.05) is 26.7 Å². The quantitative estimate of drug-likeness (QED) is 0.625. The summed E-state index contributed by atoms with van der Waals surface area (Å²) in [5, 5.41) is 13.2. The van der Waals surface area contributed by atoms with Crippen LogP contribution in [0.25, 0.3) is 0 Å². The molecule has 1 saturated carbocycles. The number of hydrogen-bond acceptors (Lipinski definition) is 2. The summed E-state index contributed by atoms with van der Waals surface area (Å²) in [4.78, 5) is 0. The summed E-state index contributed by atoms with van der Waals surface area (Å²) < 4.78 is 0. The van der Waals surface area contributed by atoms with Crippen molar-refractivity contribution < 1.29 is 5.11 Å². The zero-order valence-electron chi connectivity index (χ0n) is 11.0. The molecule has 2 N–H and O–H groups in total. The van der Waals surface area contributed by atoms with Crippen molar-refractivity contribution in [2.24, 2.45) is 11.8 Å². The first-order valence-corrected chi connectivity index (χ1v) is 7.12. The smallest absolute Gasteiger partial charge is 0.0568 e. The van der Waals surface area contributed by atoms with Gasteiger partial charge in [-0.2, -0.15) is 0 Å². The van der Waals surface area contributed by atoms with Crippen LogP contribution < -0.4 is 5.32 Å². The van der Waals surface area contributed by atoms with Gasteiger partial charge < -0.3 is 10.4 Å². The number of nitrogens with one attached hydrogen (secondary N) is 1. The largest absolute Gasteiger partial charge is 0.393 e. The summed E-state index contributed by atoms with van der Waals surface area (Å²) >= 11 is 0. The second-order valence-electron chi connectivity index (χ2n) is 5.50. The highest BCUT2D eigenvalue weighted by Gasteiger charge is 2.24. The lowest BCUT2D eigenvalue weighted by molar-refractivity contribution is 0.126. The highest BCUT2D eigenvalue weighted by atomic mass is 16.3. The first-order chi connectivity index (χ1) is 7.74. The van der Waals surface area contributed by atoms with Crippen molar-refractivity contribution in [2.45, 2.75) is 64.9 Å². The van der Waals surface area contributed by atoms with Crippen molar-refractivity contribution in [3.05, 3.63) is 0 Å². The number of hydrogen-bond donors (Lipinski definition) is 2. The Morgan fingerprint density at radius 2 is 2.19 bits per heavy atom. The van der Waals surface area contributed by atoms with Crippen LogP contribution in [-0.4, -0.2) is 24.3 Å². The molecule has 0 amide bonds. The highest BCUT2D eigenvalue weighted by Crippen LogP contribution is 2.28. The molecule has 3 atom stereocenters. The van der Waals surface area contributed by atoms with Crippen LogP contribution in [0, 0.1) is 11.8 Å². The van der Waals surface area contributed by atoms with Crippen molar-refractivity contribution >= 4 is 0 Å². The van der Waals surface area contributed by atoms with Gasteiger partial charge in [-0.3, -0.25) is 0 Å². The lowest BCUT2D eigenvalue weighted by Gasteiger charge is -2.15. The molecule has 0 aromatic rings. The Bertz CT molecular complexity index is 172. The Morgan fingerprint density at radius 1 is 1.38 bits per heavy atom. The van der Waals surface area contributed by atoms with Gasteiger partial charge in [0.25, 0.3) is 0 Å². The van der Waals surface area contributed by atoms with Gasteiger partial charge in [0.15, 0.2) is 0 Å². The van der Waals surface area contributed by atoms with E-state index < -0.39 is 0 Å². The van der Waals surface area contributed by atoms with Crippen LogP contribution in [0.2, 0.25) is 0 Å². The van der Waals surface area contributed by atoms with Crippen molar-refractivity contribution in [3.8, 4) is 0 Å². The molecule has 0 bridgehead atoms. The third kappa shape index (κ3) is 5.31. The molecule has 1 fully saturated rings. The number of rotatable bonds is 8. The fourth-order valence-electron chi connectivity index (χ4n) is 2.79. The molecular formula is C14H29NO. The van der Waals surface area contributed by atoms with E-state index in [0.717, 1.165) is 25.4 Å². The maximum atomic E-state index is 9.68. The molecule has 0 aromatic carbocycles. The van der Waals surface area contributed by atoms with Crippen LogP contribution in [-0.2, 0) is 0 Å². The van der Waals surface area contributed by atoms with Gasteiger partial charge in [-0.25, -0.2) is 0 Å². The molecule has 1 rings (SSSR count). The van der Waals surface area contributed by atoms with Crippen molar-refractivity contribution in [2.75, 3.05) is 13.1 Å². The van der Waals surface area contributed by atoms with E-state index in [4.69, 9.17) is 0 Å². The second-order valence-corrected chi connectivity index (χ2v) is 5.50. The Kier molecular flexibility index (Phi) is 7.06. The molecule has 0 heterocycles. The zero-order chi connectivity index (χ0) is 11.8. The SMILES string of the molecule is CCCC(C)CNCCCC1CCCC1O. The van der Waals surface area contributed by atoms with Gasteiger partial charge in [0.05, 0.1) is 6.10 Å². The minimum Gasteiger partial charge on any atom is -0.393 e. The molecule has 1 aliphatic carbocycles. The summed E-state index contributed by atoms with van der Waals surface area (Å²) in [6, 6.07) is 0. The molecule has 96 valence electrons. The fraction of sp³-hybridized carbons (Fsp3) is 1.00. The first-order valence-electron chi connectivity index (χ1n) is 7.12. The minimum absolute atomic E-state index is 0.000912. The monoisotopic (exact) mass is 227 g/mol. The average Bonchev–Trinajstić information content (AvgIpc) is 2.64. The van der Waals surface area contributed by atoms with Crippen molar-refractivity contribution in [1.82, 2.24) is 5.32 Å². The van der Waals surface area contributed by atoms with Crippen LogP contribution in [0.4, 0.5) is 0 Å². The lowest BCUT2D eigenvalue weighted by Crippen LogP contribution is -2.23. The Balaban J connectivity index is 1.91. The van der Waals surface area contributed by atoms with Crippen LogP contribution in [0.15, 0.2) is 0 Å². The van der Waals surface area contributed by atoms with E-state index in [0.29, 0.717) is 5.92 Å². The van der Waals surface area contributed by atoms with E-state index in [-0.39, 0.29) is 6.10 Å². The molecule has 0 aliphatic heterocycles. The fourth-order valence-corrected chi connectivity index (χ4v) is 2.79. The molecule has 0 radical (unpaired) electrons. The Labute approximate surface area is 101 Å². The molecule has 0 saturated heterocycles.